The zero-order valence-corrected chi connectivity index (χ0v) is 9.46. The Morgan fingerprint density at radius 3 is 2.40 bits per heavy atom. The molecule has 0 radical (unpaired) electrons. The molecule has 0 amide bonds. The predicted molar refractivity (Wildman–Crippen MR) is 63.5 cm³/mol. The van der Waals surface area contributed by atoms with E-state index >= 15 is 0 Å². The maximum absolute atomic E-state index is 5.89. The average Bonchev–Trinajstić information content (AvgIpc) is 2.17. The van der Waals surface area contributed by atoms with Gasteiger partial charge < -0.3 is 0 Å². The molecule has 1 aromatic carbocycles. The summed E-state index contributed by atoms with van der Waals surface area (Å²) in [5.41, 5.74) is 2.09. The lowest BCUT2D eigenvalue weighted by atomic mass is 10.1. The van der Waals surface area contributed by atoms with E-state index in [0.717, 1.165) is 12.1 Å². The molecule has 15 heavy (non-hydrogen) atoms. The minimum Gasteiger partial charge on any atom is -0.241 e. The van der Waals surface area contributed by atoms with Gasteiger partial charge in [0.25, 0.3) is 0 Å². The number of rotatable bonds is 2. The summed E-state index contributed by atoms with van der Waals surface area (Å²) in [6.45, 7) is 0. The van der Waals surface area contributed by atoms with Crippen molar-refractivity contribution in [3.8, 4) is 0 Å². The van der Waals surface area contributed by atoms with Gasteiger partial charge >= 0.3 is 0 Å². The first-order chi connectivity index (χ1) is 7.24. The van der Waals surface area contributed by atoms with Crippen LogP contribution in [0.15, 0.2) is 42.5 Å². The molecule has 0 bridgehead atoms. The minimum atomic E-state index is 0.438. The van der Waals surface area contributed by atoms with Crippen LogP contribution in [0.3, 0.4) is 0 Å². The fraction of sp³-hybridized carbons (Fsp3) is 0.0833. The number of hydrogen-bond donors (Lipinski definition) is 0. The normalized spacial score (nSPS) is 10.3. The lowest BCUT2D eigenvalue weighted by Gasteiger charge is -2.02. The van der Waals surface area contributed by atoms with Crippen LogP contribution in [0, 0.1) is 0 Å². The van der Waals surface area contributed by atoms with E-state index in [1.807, 2.05) is 24.3 Å². The summed E-state index contributed by atoms with van der Waals surface area (Å²) in [7, 11) is 0. The summed E-state index contributed by atoms with van der Waals surface area (Å²) in [6, 6.07) is 13.6. The van der Waals surface area contributed by atoms with Gasteiger partial charge in [-0.05, 0) is 17.7 Å². The molecule has 0 saturated heterocycles. The minimum absolute atomic E-state index is 0.438. The van der Waals surface area contributed by atoms with Crippen LogP contribution in [0.1, 0.15) is 11.3 Å². The molecule has 2 rings (SSSR count). The fourth-order valence-electron chi connectivity index (χ4n) is 1.41. The van der Waals surface area contributed by atoms with Crippen molar-refractivity contribution < 1.29 is 0 Å². The van der Waals surface area contributed by atoms with Gasteiger partial charge in [0.05, 0.1) is 0 Å². The second kappa shape index (κ2) is 4.65. The van der Waals surface area contributed by atoms with E-state index in [9.17, 15) is 0 Å². The molecule has 1 aromatic heterocycles. The Labute approximate surface area is 98.7 Å². The summed E-state index contributed by atoms with van der Waals surface area (Å²) in [5.74, 6) is 0. The highest BCUT2D eigenvalue weighted by Crippen LogP contribution is 2.17. The van der Waals surface area contributed by atoms with Gasteiger partial charge in [-0.2, -0.15) is 0 Å². The molecule has 0 saturated carbocycles. The van der Waals surface area contributed by atoms with Gasteiger partial charge in [0.15, 0.2) is 0 Å². The Morgan fingerprint density at radius 1 is 1.00 bits per heavy atom. The van der Waals surface area contributed by atoms with Crippen molar-refractivity contribution >= 4 is 23.2 Å². The first-order valence-electron chi connectivity index (χ1n) is 4.60. The molecule has 0 fully saturated rings. The fourth-order valence-corrected chi connectivity index (χ4v) is 1.92. The lowest BCUT2D eigenvalue weighted by molar-refractivity contribution is 1.07. The highest BCUT2D eigenvalue weighted by molar-refractivity contribution is 6.33. The highest BCUT2D eigenvalue weighted by Gasteiger charge is 2.00. The molecule has 1 heterocycles. The molecule has 2 aromatic rings. The number of aromatic nitrogens is 1. The molecule has 3 heteroatoms. The van der Waals surface area contributed by atoms with Crippen LogP contribution in [0.5, 0.6) is 0 Å². The van der Waals surface area contributed by atoms with Gasteiger partial charge in [-0.25, -0.2) is 4.98 Å². The van der Waals surface area contributed by atoms with E-state index < -0.39 is 0 Å². The number of benzene rings is 1. The van der Waals surface area contributed by atoms with Gasteiger partial charge in [0, 0.05) is 17.1 Å². The average molecular weight is 238 g/mol. The van der Waals surface area contributed by atoms with Gasteiger partial charge in [-0.1, -0.05) is 53.5 Å². The van der Waals surface area contributed by atoms with Crippen LogP contribution in [0.25, 0.3) is 0 Å². The molecule has 0 N–H and O–H groups in total. The Bertz CT molecular complexity index is 434. The predicted octanol–water partition coefficient (Wildman–Crippen LogP) is 3.98. The molecular formula is C12H9Cl2N. The quantitative estimate of drug-likeness (QED) is 0.721. The van der Waals surface area contributed by atoms with Crippen molar-refractivity contribution in [3.63, 3.8) is 0 Å². The van der Waals surface area contributed by atoms with Crippen molar-refractivity contribution in [3.05, 3.63) is 63.9 Å². The topological polar surface area (TPSA) is 12.9 Å². The molecule has 0 aliphatic carbocycles. The van der Waals surface area contributed by atoms with Crippen LogP contribution in [-0.4, -0.2) is 4.98 Å². The third-order valence-corrected chi connectivity index (χ3v) is 2.45. The largest absolute Gasteiger partial charge is 0.241 e. The van der Waals surface area contributed by atoms with Crippen molar-refractivity contribution in [2.45, 2.75) is 6.42 Å². The van der Waals surface area contributed by atoms with Gasteiger partial charge in [0.1, 0.15) is 5.15 Å². The van der Waals surface area contributed by atoms with Crippen molar-refractivity contribution in [2.75, 3.05) is 0 Å². The molecule has 0 aliphatic rings. The number of halogens is 2. The number of pyridine rings is 1. The maximum atomic E-state index is 5.89. The van der Waals surface area contributed by atoms with Crippen LogP contribution in [0.4, 0.5) is 0 Å². The summed E-state index contributed by atoms with van der Waals surface area (Å²) < 4.78 is 0. The second-order valence-corrected chi connectivity index (χ2v) is 4.09. The monoisotopic (exact) mass is 237 g/mol. The summed E-state index contributed by atoms with van der Waals surface area (Å²) >= 11 is 11.7. The lowest BCUT2D eigenvalue weighted by Crippen LogP contribution is -1.92. The van der Waals surface area contributed by atoms with Crippen molar-refractivity contribution in [1.29, 1.82) is 0 Å². The maximum Gasteiger partial charge on any atom is 0.130 e. The van der Waals surface area contributed by atoms with Crippen LogP contribution in [-0.2, 0) is 6.42 Å². The summed E-state index contributed by atoms with van der Waals surface area (Å²) in [6.07, 6.45) is 0.751. The molecule has 1 nitrogen and oxygen atoms in total. The first kappa shape index (κ1) is 10.5. The second-order valence-electron chi connectivity index (χ2n) is 3.26. The zero-order chi connectivity index (χ0) is 10.7. The standard InChI is InChI=1S/C12H9Cl2N/c13-10-7-11(15-12(14)8-10)6-9-4-2-1-3-5-9/h1-5,7-8H,6H2. The van der Waals surface area contributed by atoms with E-state index in [2.05, 4.69) is 17.1 Å². The molecule has 76 valence electrons. The van der Waals surface area contributed by atoms with E-state index in [0.29, 0.717) is 10.2 Å². The Kier molecular flexibility index (Phi) is 3.24. The molecule has 0 atom stereocenters. The van der Waals surface area contributed by atoms with Crippen molar-refractivity contribution in [2.24, 2.45) is 0 Å². The molecule has 0 spiro atoms. The summed E-state index contributed by atoms with van der Waals surface area (Å²) in [4.78, 5) is 4.21. The van der Waals surface area contributed by atoms with Crippen LogP contribution >= 0.6 is 23.2 Å². The molecular weight excluding hydrogens is 229 g/mol. The Balaban J connectivity index is 2.25. The molecule has 0 aliphatic heterocycles. The van der Waals surface area contributed by atoms with Crippen molar-refractivity contribution in [1.82, 2.24) is 4.98 Å². The first-order valence-corrected chi connectivity index (χ1v) is 5.35. The van der Waals surface area contributed by atoms with E-state index in [4.69, 9.17) is 23.2 Å². The number of nitrogens with zero attached hydrogens (tertiary/aromatic N) is 1. The Hall–Kier alpha value is -1.05. The van der Waals surface area contributed by atoms with E-state index in [1.165, 1.54) is 5.56 Å². The SMILES string of the molecule is Clc1cc(Cl)nc(Cc2ccccc2)c1. The van der Waals surface area contributed by atoms with Gasteiger partial charge in [-0.3, -0.25) is 0 Å². The van der Waals surface area contributed by atoms with Gasteiger partial charge in [0.2, 0.25) is 0 Å². The third kappa shape index (κ3) is 2.95. The van der Waals surface area contributed by atoms with Crippen LogP contribution < -0.4 is 0 Å². The third-order valence-electron chi connectivity index (χ3n) is 2.04. The van der Waals surface area contributed by atoms with Crippen LogP contribution in [0.2, 0.25) is 10.2 Å². The smallest absolute Gasteiger partial charge is 0.130 e. The van der Waals surface area contributed by atoms with Gasteiger partial charge in [-0.15, -0.1) is 0 Å². The highest BCUT2D eigenvalue weighted by atomic mass is 35.5. The zero-order valence-electron chi connectivity index (χ0n) is 7.95. The summed E-state index contributed by atoms with van der Waals surface area (Å²) in [5, 5.41) is 1.06. The molecule has 0 unspecified atom stereocenters. The number of hydrogen-bond acceptors (Lipinski definition) is 1. The van der Waals surface area contributed by atoms with E-state index in [1.54, 1.807) is 6.07 Å². The van der Waals surface area contributed by atoms with E-state index in [-0.39, 0.29) is 0 Å². The Morgan fingerprint density at radius 2 is 1.73 bits per heavy atom.